The molecule has 28 heavy (non-hydrogen) atoms. The van der Waals surface area contributed by atoms with E-state index >= 15 is 0 Å². The van der Waals surface area contributed by atoms with Crippen LogP contribution in [0.3, 0.4) is 0 Å². The first-order valence-electron chi connectivity index (χ1n) is 8.84. The molecule has 1 N–H and O–H groups in total. The minimum absolute atomic E-state index is 0.364. The van der Waals surface area contributed by atoms with E-state index in [-0.39, 0.29) is 0 Å². The Balaban J connectivity index is 1.89. The predicted octanol–water partition coefficient (Wildman–Crippen LogP) is 5.60. The number of ether oxygens (including phenoxy) is 1. The highest BCUT2D eigenvalue weighted by atomic mass is 79.9. The molecule has 4 nitrogen and oxygen atoms in total. The zero-order chi connectivity index (χ0) is 20.1. The molecule has 0 saturated carbocycles. The van der Waals surface area contributed by atoms with Crippen LogP contribution in [0.2, 0.25) is 0 Å². The third-order valence-electron chi connectivity index (χ3n) is 4.31. The maximum atomic E-state index is 13.0. The summed E-state index contributed by atoms with van der Waals surface area (Å²) in [6.45, 7) is 3.87. The fourth-order valence-electron chi connectivity index (χ4n) is 2.77. The Bertz CT molecular complexity index is 1000. The molecule has 3 aromatic rings. The number of halogens is 1. The normalized spacial score (nSPS) is 11.5. The highest BCUT2D eigenvalue weighted by Gasteiger charge is 2.26. The van der Waals surface area contributed by atoms with Gasteiger partial charge in [-0.25, -0.2) is 4.79 Å². The van der Waals surface area contributed by atoms with Crippen LogP contribution >= 0.6 is 15.9 Å². The van der Waals surface area contributed by atoms with Crippen molar-refractivity contribution in [3.8, 4) is 0 Å². The van der Waals surface area contributed by atoms with Crippen LogP contribution in [0.1, 0.15) is 33.2 Å². The van der Waals surface area contributed by atoms with Crippen LogP contribution in [0.15, 0.2) is 77.3 Å². The van der Waals surface area contributed by atoms with Gasteiger partial charge in [-0.15, -0.1) is 0 Å². The van der Waals surface area contributed by atoms with Gasteiger partial charge in [-0.2, -0.15) is 0 Å². The minimum atomic E-state index is -1.07. The van der Waals surface area contributed by atoms with Gasteiger partial charge >= 0.3 is 5.97 Å². The van der Waals surface area contributed by atoms with Crippen molar-refractivity contribution >= 4 is 33.5 Å². The Morgan fingerprint density at radius 3 is 2.32 bits per heavy atom. The Labute approximate surface area is 172 Å². The maximum Gasteiger partial charge on any atom is 0.340 e. The molecule has 0 aromatic heterocycles. The molecule has 0 spiro atoms. The average molecular weight is 438 g/mol. The molecule has 3 aromatic carbocycles. The molecule has 0 aliphatic rings. The third-order valence-corrected chi connectivity index (χ3v) is 5.00. The van der Waals surface area contributed by atoms with Gasteiger partial charge in [0.2, 0.25) is 6.10 Å². The summed E-state index contributed by atoms with van der Waals surface area (Å²) >= 11 is 3.35. The van der Waals surface area contributed by atoms with Gasteiger partial charge in [0.25, 0.3) is 5.91 Å². The van der Waals surface area contributed by atoms with E-state index in [4.69, 9.17) is 4.74 Å². The Kier molecular flexibility index (Phi) is 6.26. The fourth-order valence-corrected chi connectivity index (χ4v) is 3.21. The van der Waals surface area contributed by atoms with Crippen molar-refractivity contribution in [2.45, 2.75) is 20.0 Å². The van der Waals surface area contributed by atoms with Crippen LogP contribution in [0.4, 0.5) is 5.69 Å². The lowest BCUT2D eigenvalue weighted by atomic mass is 10.1. The predicted molar refractivity (Wildman–Crippen MR) is 113 cm³/mol. The van der Waals surface area contributed by atoms with E-state index < -0.39 is 18.0 Å². The van der Waals surface area contributed by atoms with Crippen LogP contribution < -0.4 is 5.32 Å². The number of benzene rings is 3. The summed E-state index contributed by atoms with van der Waals surface area (Å²) < 4.78 is 6.24. The van der Waals surface area contributed by atoms with Crippen LogP contribution in [0, 0.1) is 13.8 Å². The van der Waals surface area contributed by atoms with Crippen molar-refractivity contribution in [2.75, 3.05) is 5.32 Å². The lowest BCUT2D eigenvalue weighted by Gasteiger charge is -2.19. The number of carbonyl (C=O) groups excluding carboxylic acids is 2. The molecular formula is C23H20BrNO3. The van der Waals surface area contributed by atoms with E-state index in [0.717, 1.165) is 11.1 Å². The molecule has 0 saturated heterocycles. The molecule has 0 bridgehead atoms. The lowest BCUT2D eigenvalue weighted by molar-refractivity contribution is -0.125. The van der Waals surface area contributed by atoms with Gasteiger partial charge in [0.15, 0.2) is 0 Å². The Morgan fingerprint density at radius 2 is 1.61 bits per heavy atom. The largest absolute Gasteiger partial charge is 0.444 e. The average Bonchev–Trinajstić information content (AvgIpc) is 2.69. The second kappa shape index (κ2) is 8.85. The molecule has 0 aliphatic heterocycles. The maximum absolute atomic E-state index is 13.0. The summed E-state index contributed by atoms with van der Waals surface area (Å²) in [7, 11) is 0. The number of rotatable bonds is 5. The standard InChI is InChI=1S/C23H20BrNO3/c1-15-12-13-16(2)20(14-15)25-22(26)21(17-8-4-3-5-9-17)28-23(27)18-10-6-7-11-19(18)24/h3-14,21H,1-2H3,(H,25,26)/t21-/m1/s1. The monoisotopic (exact) mass is 437 g/mol. The SMILES string of the molecule is Cc1ccc(C)c(NC(=O)[C@H](OC(=O)c2ccccc2Br)c2ccccc2)c1. The molecule has 5 heteroatoms. The summed E-state index contributed by atoms with van der Waals surface area (Å²) in [6, 6.07) is 21.8. The van der Waals surface area contributed by atoms with Crippen molar-refractivity contribution in [1.82, 2.24) is 0 Å². The molecular weight excluding hydrogens is 418 g/mol. The van der Waals surface area contributed by atoms with Gasteiger partial charge in [-0.05, 0) is 59.1 Å². The van der Waals surface area contributed by atoms with E-state index in [1.165, 1.54) is 0 Å². The van der Waals surface area contributed by atoms with E-state index in [1.54, 1.807) is 42.5 Å². The Hall–Kier alpha value is -2.92. The van der Waals surface area contributed by atoms with Gasteiger partial charge in [0, 0.05) is 15.7 Å². The summed E-state index contributed by atoms with van der Waals surface area (Å²) in [5.41, 5.74) is 3.63. The number of amides is 1. The molecule has 0 radical (unpaired) electrons. The molecule has 1 amide bonds. The van der Waals surface area contributed by atoms with E-state index in [9.17, 15) is 9.59 Å². The first-order chi connectivity index (χ1) is 13.5. The summed E-state index contributed by atoms with van der Waals surface area (Å²) in [6.07, 6.45) is -1.07. The molecule has 0 heterocycles. The summed E-state index contributed by atoms with van der Waals surface area (Å²) in [5, 5.41) is 2.89. The first kappa shape index (κ1) is 19.8. The molecule has 0 aliphatic carbocycles. The number of anilines is 1. The molecule has 0 fully saturated rings. The van der Waals surface area contributed by atoms with Gasteiger partial charge < -0.3 is 10.1 Å². The van der Waals surface area contributed by atoms with Crippen LogP contribution in [-0.4, -0.2) is 11.9 Å². The molecule has 142 valence electrons. The van der Waals surface area contributed by atoms with Crippen LogP contribution in [0.5, 0.6) is 0 Å². The van der Waals surface area contributed by atoms with Crippen LogP contribution in [0.25, 0.3) is 0 Å². The molecule has 3 rings (SSSR count). The van der Waals surface area contributed by atoms with Crippen molar-refractivity contribution in [3.63, 3.8) is 0 Å². The number of aryl methyl sites for hydroxylation is 2. The molecule has 1 atom stereocenters. The minimum Gasteiger partial charge on any atom is -0.444 e. The Morgan fingerprint density at radius 1 is 0.929 bits per heavy atom. The second-order valence-corrected chi connectivity index (χ2v) is 7.34. The number of carbonyl (C=O) groups is 2. The number of esters is 1. The van der Waals surface area contributed by atoms with Gasteiger partial charge in [0.1, 0.15) is 0 Å². The highest BCUT2D eigenvalue weighted by Crippen LogP contribution is 2.25. The number of nitrogens with one attached hydrogen (secondary N) is 1. The molecule has 0 unspecified atom stereocenters. The van der Waals surface area contributed by atoms with Crippen molar-refractivity contribution < 1.29 is 14.3 Å². The topological polar surface area (TPSA) is 55.4 Å². The summed E-state index contributed by atoms with van der Waals surface area (Å²) in [4.78, 5) is 25.7. The third kappa shape index (κ3) is 4.67. The van der Waals surface area contributed by atoms with Gasteiger partial charge in [0.05, 0.1) is 5.56 Å². The van der Waals surface area contributed by atoms with E-state index in [0.29, 0.717) is 21.3 Å². The van der Waals surface area contributed by atoms with Crippen molar-refractivity contribution in [1.29, 1.82) is 0 Å². The van der Waals surface area contributed by atoms with Gasteiger partial charge in [-0.1, -0.05) is 54.6 Å². The highest BCUT2D eigenvalue weighted by molar-refractivity contribution is 9.10. The number of hydrogen-bond donors (Lipinski definition) is 1. The zero-order valence-electron chi connectivity index (χ0n) is 15.6. The fraction of sp³-hybridized carbons (Fsp3) is 0.130. The second-order valence-electron chi connectivity index (χ2n) is 6.48. The van der Waals surface area contributed by atoms with Crippen molar-refractivity contribution in [3.05, 3.63) is 99.5 Å². The van der Waals surface area contributed by atoms with Gasteiger partial charge in [-0.3, -0.25) is 4.79 Å². The van der Waals surface area contributed by atoms with E-state index in [2.05, 4.69) is 21.2 Å². The lowest BCUT2D eigenvalue weighted by Crippen LogP contribution is -2.26. The number of hydrogen-bond acceptors (Lipinski definition) is 3. The first-order valence-corrected chi connectivity index (χ1v) is 9.63. The smallest absolute Gasteiger partial charge is 0.340 e. The van der Waals surface area contributed by atoms with E-state index in [1.807, 2.05) is 44.2 Å². The summed E-state index contributed by atoms with van der Waals surface area (Å²) in [5.74, 6) is -0.974. The van der Waals surface area contributed by atoms with Crippen LogP contribution in [-0.2, 0) is 9.53 Å². The quantitative estimate of drug-likeness (QED) is 0.528. The van der Waals surface area contributed by atoms with Crippen molar-refractivity contribution in [2.24, 2.45) is 0 Å². The zero-order valence-corrected chi connectivity index (χ0v) is 17.2.